The lowest BCUT2D eigenvalue weighted by molar-refractivity contribution is -0.120. The van der Waals surface area contributed by atoms with E-state index in [1.54, 1.807) is 19.1 Å². The van der Waals surface area contributed by atoms with Crippen molar-refractivity contribution in [3.8, 4) is 0 Å². The Labute approximate surface area is 112 Å². The van der Waals surface area contributed by atoms with Gasteiger partial charge in [-0.3, -0.25) is 4.79 Å². The van der Waals surface area contributed by atoms with E-state index in [-0.39, 0.29) is 29.9 Å². The van der Waals surface area contributed by atoms with Crippen LogP contribution in [0.4, 0.5) is 5.69 Å². The van der Waals surface area contributed by atoms with Crippen molar-refractivity contribution in [2.24, 2.45) is 17.6 Å². The summed E-state index contributed by atoms with van der Waals surface area (Å²) in [6.07, 6.45) is 0. The maximum Gasteiger partial charge on any atom is 0.335 e. The van der Waals surface area contributed by atoms with Crippen LogP contribution < -0.4 is 11.1 Å². The fraction of sp³-hybridized carbons (Fsp3) is 0.429. The fourth-order valence-electron chi connectivity index (χ4n) is 1.90. The first kappa shape index (κ1) is 15.2. The van der Waals surface area contributed by atoms with Crippen LogP contribution in [0.15, 0.2) is 18.2 Å². The molecule has 19 heavy (non-hydrogen) atoms. The number of amides is 1. The molecule has 0 saturated carbocycles. The van der Waals surface area contributed by atoms with E-state index in [9.17, 15) is 9.59 Å². The predicted octanol–water partition coefficient (Wildman–Crippen LogP) is 1.86. The Kier molecular flexibility index (Phi) is 5.06. The monoisotopic (exact) mass is 264 g/mol. The third-order valence-electron chi connectivity index (χ3n) is 3.12. The zero-order valence-corrected chi connectivity index (χ0v) is 11.4. The van der Waals surface area contributed by atoms with E-state index >= 15 is 0 Å². The van der Waals surface area contributed by atoms with E-state index in [0.29, 0.717) is 11.3 Å². The minimum atomic E-state index is -0.975. The molecule has 1 rings (SSSR count). The topological polar surface area (TPSA) is 92.4 Å². The fourth-order valence-corrected chi connectivity index (χ4v) is 1.90. The maximum absolute atomic E-state index is 12.0. The van der Waals surface area contributed by atoms with E-state index in [2.05, 4.69) is 5.32 Å². The highest BCUT2D eigenvalue weighted by Gasteiger charge is 2.20. The van der Waals surface area contributed by atoms with Crippen molar-refractivity contribution in [3.05, 3.63) is 29.3 Å². The molecule has 0 saturated heterocycles. The number of anilines is 1. The van der Waals surface area contributed by atoms with Crippen LogP contribution in [0.25, 0.3) is 0 Å². The minimum absolute atomic E-state index is 0.139. The highest BCUT2D eigenvalue weighted by Crippen LogP contribution is 2.17. The van der Waals surface area contributed by atoms with Crippen LogP contribution in [0.5, 0.6) is 0 Å². The molecule has 0 aromatic heterocycles. The Hall–Kier alpha value is -1.88. The van der Waals surface area contributed by atoms with Gasteiger partial charge in [-0.15, -0.1) is 0 Å². The van der Waals surface area contributed by atoms with E-state index in [0.717, 1.165) is 0 Å². The van der Waals surface area contributed by atoms with Gasteiger partial charge in [-0.2, -0.15) is 0 Å². The Bertz CT molecular complexity index is 484. The molecule has 0 heterocycles. The molecular weight excluding hydrogens is 244 g/mol. The summed E-state index contributed by atoms with van der Waals surface area (Å²) >= 11 is 0. The second kappa shape index (κ2) is 6.33. The number of nitrogens with one attached hydrogen (secondary N) is 1. The Morgan fingerprint density at radius 1 is 1.37 bits per heavy atom. The lowest BCUT2D eigenvalue weighted by Crippen LogP contribution is -2.33. The average molecular weight is 264 g/mol. The number of carbonyl (C=O) groups excluding carboxylic acids is 1. The number of rotatable bonds is 5. The molecule has 1 aromatic carbocycles. The molecule has 5 heteroatoms. The van der Waals surface area contributed by atoms with Gasteiger partial charge in [0, 0.05) is 12.2 Å². The third kappa shape index (κ3) is 3.79. The normalized spacial score (nSPS) is 12.3. The molecule has 0 aliphatic rings. The zero-order valence-electron chi connectivity index (χ0n) is 11.4. The van der Waals surface area contributed by atoms with Crippen molar-refractivity contribution in [1.82, 2.24) is 0 Å². The second-order valence-corrected chi connectivity index (χ2v) is 4.91. The first-order valence-corrected chi connectivity index (χ1v) is 6.21. The number of hydrogen-bond acceptors (Lipinski definition) is 3. The van der Waals surface area contributed by atoms with Crippen LogP contribution in [0.3, 0.4) is 0 Å². The summed E-state index contributed by atoms with van der Waals surface area (Å²) in [6.45, 7) is 5.86. The van der Waals surface area contributed by atoms with Crippen molar-refractivity contribution in [3.63, 3.8) is 0 Å². The SMILES string of the molecule is Cc1cc(NC(=O)C(CN)C(C)C)ccc1C(=O)O. The van der Waals surface area contributed by atoms with Gasteiger partial charge in [0.2, 0.25) is 5.91 Å². The summed E-state index contributed by atoms with van der Waals surface area (Å²) < 4.78 is 0. The smallest absolute Gasteiger partial charge is 0.335 e. The quantitative estimate of drug-likeness (QED) is 0.756. The molecule has 5 nitrogen and oxygen atoms in total. The van der Waals surface area contributed by atoms with E-state index in [4.69, 9.17) is 10.8 Å². The molecule has 0 aliphatic heterocycles. The van der Waals surface area contributed by atoms with E-state index in [1.165, 1.54) is 6.07 Å². The van der Waals surface area contributed by atoms with Crippen LogP contribution in [0.2, 0.25) is 0 Å². The van der Waals surface area contributed by atoms with E-state index < -0.39 is 5.97 Å². The molecule has 1 unspecified atom stereocenters. The van der Waals surface area contributed by atoms with Gasteiger partial charge in [0.05, 0.1) is 11.5 Å². The summed E-state index contributed by atoms with van der Waals surface area (Å²) in [4.78, 5) is 22.9. The van der Waals surface area contributed by atoms with Crippen molar-refractivity contribution in [2.75, 3.05) is 11.9 Å². The number of benzene rings is 1. The number of aryl methyl sites for hydroxylation is 1. The number of carbonyl (C=O) groups is 2. The van der Waals surface area contributed by atoms with Crippen LogP contribution >= 0.6 is 0 Å². The maximum atomic E-state index is 12.0. The Balaban J connectivity index is 2.86. The van der Waals surface area contributed by atoms with Crippen molar-refractivity contribution >= 4 is 17.6 Å². The number of nitrogens with two attached hydrogens (primary N) is 1. The molecule has 4 N–H and O–H groups in total. The molecule has 1 atom stereocenters. The first-order valence-electron chi connectivity index (χ1n) is 6.21. The minimum Gasteiger partial charge on any atom is -0.478 e. The van der Waals surface area contributed by atoms with Crippen LogP contribution in [-0.2, 0) is 4.79 Å². The Morgan fingerprint density at radius 2 is 2.00 bits per heavy atom. The Morgan fingerprint density at radius 3 is 2.42 bits per heavy atom. The zero-order chi connectivity index (χ0) is 14.6. The van der Waals surface area contributed by atoms with Gasteiger partial charge in [-0.25, -0.2) is 4.79 Å². The van der Waals surface area contributed by atoms with Crippen molar-refractivity contribution < 1.29 is 14.7 Å². The van der Waals surface area contributed by atoms with Gasteiger partial charge in [-0.05, 0) is 36.6 Å². The highest BCUT2D eigenvalue weighted by molar-refractivity contribution is 5.94. The van der Waals surface area contributed by atoms with E-state index in [1.807, 2.05) is 13.8 Å². The molecular formula is C14H20N2O3. The van der Waals surface area contributed by atoms with Crippen LogP contribution in [0, 0.1) is 18.8 Å². The molecule has 1 amide bonds. The van der Waals surface area contributed by atoms with Gasteiger partial charge in [0.15, 0.2) is 0 Å². The number of hydrogen-bond donors (Lipinski definition) is 3. The molecule has 104 valence electrons. The van der Waals surface area contributed by atoms with Crippen LogP contribution in [0.1, 0.15) is 29.8 Å². The highest BCUT2D eigenvalue weighted by atomic mass is 16.4. The average Bonchev–Trinajstić information content (AvgIpc) is 2.28. The van der Waals surface area contributed by atoms with Gasteiger partial charge >= 0.3 is 5.97 Å². The number of carboxylic acids is 1. The number of carboxylic acid groups (broad SMARTS) is 1. The molecule has 0 radical (unpaired) electrons. The van der Waals surface area contributed by atoms with Gasteiger partial charge in [0.25, 0.3) is 0 Å². The molecule has 0 aliphatic carbocycles. The predicted molar refractivity (Wildman–Crippen MR) is 74.2 cm³/mol. The van der Waals surface area contributed by atoms with Gasteiger partial charge < -0.3 is 16.2 Å². The van der Waals surface area contributed by atoms with Gasteiger partial charge in [0.1, 0.15) is 0 Å². The first-order chi connectivity index (χ1) is 8.86. The lowest BCUT2D eigenvalue weighted by Gasteiger charge is -2.18. The largest absolute Gasteiger partial charge is 0.478 e. The molecule has 0 bridgehead atoms. The lowest BCUT2D eigenvalue weighted by atomic mass is 9.95. The third-order valence-corrected chi connectivity index (χ3v) is 3.12. The summed E-state index contributed by atoms with van der Waals surface area (Å²) in [5, 5.41) is 11.7. The van der Waals surface area contributed by atoms with Crippen LogP contribution in [-0.4, -0.2) is 23.5 Å². The second-order valence-electron chi connectivity index (χ2n) is 4.91. The summed E-state index contributed by atoms with van der Waals surface area (Å²) in [7, 11) is 0. The molecule has 0 fully saturated rings. The summed E-state index contributed by atoms with van der Waals surface area (Å²) in [5.41, 5.74) is 7.02. The van der Waals surface area contributed by atoms with Gasteiger partial charge in [-0.1, -0.05) is 13.8 Å². The molecule has 1 aromatic rings. The van der Waals surface area contributed by atoms with Crippen molar-refractivity contribution in [1.29, 1.82) is 0 Å². The molecule has 0 spiro atoms. The number of aromatic carboxylic acids is 1. The standard InChI is InChI=1S/C14H20N2O3/c1-8(2)12(7-15)13(17)16-10-4-5-11(14(18)19)9(3)6-10/h4-6,8,12H,7,15H2,1-3H3,(H,16,17)(H,18,19). The van der Waals surface area contributed by atoms with Crippen molar-refractivity contribution in [2.45, 2.75) is 20.8 Å². The summed E-state index contributed by atoms with van der Waals surface area (Å²) in [5.74, 6) is -1.21. The summed E-state index contributed by atoms with van der Waals surface area (Å²) in [6, 6.07) is 4.72.